The molecule has 14 heavy (non-hydrogen) atoms. The van der Waals surface area contributed by atoms with Crippen LogP contribution in [0.25, 0.3) is 0 Å². The zero-order valence-electron chi connectivity index (χ0n) is 7.75. The molecule has 0 aliphatic heterocycles. The summed E-state index contributed by atoms with van der Waals surface area (Å²) >= 11 is 5.44. The minimum atomic E-state index is -1.49. The van der Waals surface area contributed by atoms with Crippen molar-refractivity contribution in [1.82, 2.24) is 0 Å². The van der Waals surface area contributed by atoms with E-state index in [0.717, 1.165) is 5.56 Å². The van der Waals surface area contributed by atoms with E-state index in [0.29, 0.717) is 19.6 Å². The van der Waals surface area contributed by atoms with E-state index in [1.54, 1.807) is 0 Å². The second-order valence-corrected chi connectivity index (χ2v) is 4.29. The minimum Gasteiger partial charge on any atom is -0.376 e. The number of alkyl halides is 2. The summed E-state index contributed by atoms with van der Waals surface area (Å²) in [5.41, 5.74) is 1.10. The van der Waals surface area contributed by atoms with Crippen LogP contribution >= 0.6 is 11.6 Å². The van der Waals surface area contributed by atoms with Gasteiger partial charge in [-0.1, -0.05) is 41.9 Å². The van der Waals surface area contributed by atoms with Gasteiger partial charge in [-0.05, 0) is 5.56 Å². The van der Waals surface area contributed by atoms with Gasteiger partial charge in [0.05, 0.1) is 13.2 Å². The summed E-state index contributed by atoms with van der Waals surface area (Å²) in [4.78, 5) is 0. The largest absolute Gasteiger partial charge is 0.376 e. The summed E-state index contributed by atoms with van der Waals surface area (Å²) in [6.07, 6.45) is 0.420. The molecule has 3 heteroatoms. The quantitative estimate of drug-likeness (QED) is 0.700. The average molecular weight is 215 g/mol. The zero-order chi connectivity index (χ0) is 10.0. The molecule has 76 valence electrons. The summed E-state index contributed by atoms with van der Waals surface area (Å²) in [7, 11) is 0. The Kier molecular flexibility index (Phi) is 2.75. The van der Waals surface area contributed by atoms with Crippen LogP contribution in [0, 0.1) is 5.92 Å². The van der Waals surface area contributed by atoms with Crippen molar-refractivity contribution in [2.45, 2.75) is 18.2 Å². The van der Waals surface area contributed by atoms with E-state index >= 15 is 0 Å². The molecule has 1 aliphatic rings. The number of hydrogen-bond acceptors (Lipinski definition) is 1. The Morgan fingerprint density at radius 2 is 2.07 bits per heavy atom. The van der Waals surface area contributed by atoms with E-state index in [2.05, 4.69) is 0 Å². The Morgan fingerprint density at radius 1 is 1.43 bits per heavy atom. The fraction of sp³-hybridized carbons (Fsp3) is 0.455. The highest BCUT2D eigenvalue weighted by Gasteiger charge is 2.54. The van der Waals surface area contributed by atoms with Gasteiger partial charge in [0.1, 0.15) is 0 Å². The first kappa shape index (κ1) is 9.94. The smallest absolute Gasteiger partial charge is 0.189 e. The molecule has 0 spiro atoms. The number of halogens is 2. The van der Waals surface area contributed by atoms with E-state index in [4.69, 9.17) is 16.3 Å². The highest BCUT2D eigenvalue weighted by molar-refractivity contribution is 6.25. The van der Waals surface area contributed by atoms with Gasteiger partial charge in [-0.25, -0.2) is 4.39 Å². The van der Waals surface area contributed by atoms with E-state index in [9.17, 15) is 4.39 Å². The number of rotatable bonds is 4. The Balaban J connectivity index is 1.69. The van der Waals surface area contributed by atoms with Gasteiger partial charge in [0.25, 0.3) is 0 Å². The normalized spacial score (nSPS) is 30.3. The average Bonchev–Trinajstić information content (AvgIpc) is 2.76. The second-order valence-electron chi connectivity index (χ2n) is 3.66. The zero-order valence-corrected chi connectivity index (χ0v) is 8.51. The first-order valence-corrected chi connectivity index (χ1v) is 5.06. The molecule has 2 unspecified atom stereocenters. The molecule has 0 N–H and O–H groups in total. The lowest BCUT2D eigenvalue weighted by Crippen LogP contribution is -2.02. The van der Waals surface area contributed by atoms with Crippen molar-refractivity contribution in [2.75, 3.05) is 6.61 Å². The third-order valence-electron chi connectivity index (χ3n) is 2.39. The van der Waals surface area contributed by atoms with Gasteiger partial charge in [0.15, 0.2) is 5.13 Å². The fourth-order valence-corrected chi connectivity index (χ4v) is 1.59. The van der Waals surface area contributed by atoms with Crippen molar-refractivity contribution < 1.29 is 9.13 Å². The lowest BCUT2D eigenvalue weighted by atomic mass is 10.2. The molecule has 1 nitrogen and oxygen atoms in total. The number of hydrogen-bond donors (Lipinski definition) is 0. The van der Waals surface area contributed by atoms with Gasteiger partial charge in [0, 0.05) is 12.3 Å². The van der Waals surface area contributed by atoms with E-state index in [1.807, 2.05) is 30.3 Å². The third kappa shape index (κ3) is 2.46. The van der Waals surface area contributed by atoms with Gasteiger partial charge in [0.2, 0.25) is 0 Å². The van der Waals surface area contributed by atoms with Crippen LogP contribution in [0.4, 0.5) is 4.39 Å². The summed E-state index contributed by atoms with van der Waals surface area (Å²) < 4.78 is 18.2. The minimum absolute atomic E-state index is 0.118. The Labute approximate surface area is 87.8 Å². The SMILES string of the molecule is FC1(Cl)CC1COCc1ccccc1. The maximum Gasteiger partial charge on any atom is 0.189 e. The number of ether oxygens (including phenoxy) is 1. The van der Waals surface area contributed by atoms with Crippen molar-refractivity contribution in [3.63, 3.8) is 0 Å². The fourth-order valence-electron chi connectivity index (χ4n) is 1.34. The van der Waals surface area contributed by atoms with Crippen LogP contribution in [0.1, 0.15) is 12.0 Å². The van der Waals surface area contributed by atoms with Crippen molar-refractivity contribution in [2.24, 2.45) is 5.92 Å². The Bertz CT molecular complexity index is 299. The maximum atomic E-state index is 12.9. The molecule has 0 amide bonds. The molecule has 2 rings (SSSR count). The molecule has 1 aliphatic carbocycles. The van der Waals surface area contributed by atoms with Crippen molar-refractivity contribution in [3.8, 4) is 0 Å². The van der Waals surface area contributed by atoms with Gasteiger partial charge in [-0.15, -0.1) is 0 Å². The molecule has 1 aromatic carbocycles. The van der Waals surface area contributed by atoms with Gasteiger partial charge < -0.3 is 4.74 Å². The monoisotopic (exact) mass is 214 g/mol. The van der Waals surface area contributed by atoms with Gasteiger partial charge in [-0.3, -0.25) is 0 Å². The van der Waals surface area contributed by atoms with Gasteiger partial charge >= 0.3 is 0 Å². The van der Waals surface area contributed by atoms with Crippen LogP contribution in [0.2, 0.25) is 0 Å². The van der Waals surface area contributed by atoms with Crippen LogP contribution in [0.5, 0.6) is 0 Å². The molecular formula is C11H12ClFO. The highest BCUT2D eigenvalue weighted by atomic mass is 35.5. The third-order valence-corrected chi connectivity index (χ3v) is 2.85. The molecule has 0 aromatic heterocycles. The van der Waals surface area contributed by atoms with Crippen LogP contribution in [-0.2, 0) is 11.3 Å². The van der Waals surface area contributed by atoms with Crippen LogP contribution in [0.3, 0.4) is 0 Å². The first-order chi connectivity index (χ1) is 6.68. The molecule has 0 saturated heterocycles. The van der Waals surface area contributed by atoms with Crippen molar-refractivity contribution in [1.29, 1.82) is 0 Å². The lowest BCUT2D eigenvalue weighted by Gasteiger charge is -2.03. The Hall–Kier alpha value is -0.600. The molecule has 0 heterocycles. The topological polar surface area (TPSA) is 9.23 Å². The summed E-state index contributed by atoms with van der Waals surface area (Å²) in [6, 6.07) is 9.83. The molecule has 0 radical (unpaired) electrons. The summed E-state index contributed by atoms with van der Waals surface area (Å²) in [6.45, 7) is 0.944. The standard InChI is InChI=1S/C11H12ClFO/c12-11(13)6-10(11)8-14-7-9-4-2-1-3-5-9/h1-5,10H,6-8H2. The van der Waals surface area contributed by atoms with E-state index < -0.39 is 5.13 Å². The van der Waals surface area contributed by atoms with Crippen LogP contribution < -0.4 is 0 Å². The van der Waals surface area contributed by atoms with Gasteiger partial charge in [-0.2, -0.15) is 0 Å². The van der Waals surface area contributed by atoms with Crippen LogP contribution in [0.15, 0.2) is 30.3 Å². The molecule has 0 bridgehead atoms. The Morgan fingerprint density at radius 3 is 2.64 bits per heavy atom. The predicted octanol–water partition coefficient (Wildman–Crippen LogP) is 3.13. The summed E-state index contributed by atoms with van der Waals surface area (Å²) in [5, 5.41) is -1.49. The molecule has 1 fully saturated rings. The van der Waals surface area contributed by atoms with E-state index in [-0.39, 0.29) is 5.92 Å². The first-order valence-electron chi connectivity index (χ1n) is 4.68. The lowest BCUT2D eigenvalue weighted by molar-refractivity contribution is 0.103. The molecule has 1 aromatic rings. The number of benzene rings is 1. The van der Waals surface area contributed by atoms with Crippen molar-refractivity contribution in [3.05, 3.63) is 35.9 Å². The van der Waals surface area contributed by atoms with Crippen molar-refractivity contribution >= 4 is 11.6 Å². The highest BCUT2D eigenvalue weighted by Crippen LogP contribution is 2.50. The maximum absolute atomic E-state index is 12.9. The van der Waals surface area contributed by atoms with Crippen LogP contribution in [-0.4, -0.2) is 11.7 Å². The molecular weight excluding hydrogens is 203 g/mol. The second kappa shape index (κ2) is 3.87. The molecule has 2 atom stereocenters. The summed E-state index contributed by atoms with van der Waals surface area (Å²) in [5.74, 6) is -0.118. The molecule has 1 saturated carbocycles. The van der Waals surface area contributed by atoms with E-state index in [1.165, 1.54) is 0 Å². The predicted molar refractivity (Wildman–Crippen MR) is 53.9 cm³/mol.